The monoisotopic (exact) mass is 287 g/mol. The lowest BCUT2D eigenvalue weighted by Crippen LogP contribution is -2.39. The molecule has 20 heavy (non-hydrogen) atoms. The molecular formula is C13H19F2N3O2. The molecule has 0 bridgehead atoms. The van der Waals surface area contributed by atoms with Gasteiger partial charge in [-0.25, -0.2) is 13.6 Å². The minimum atomic E-state index is -3.15. The Balaban J connectivity index is 2.50. The molecule has 0 unspecified atom stereocenters. The predicted octanol–water partition coefficient (Wildman–Crippen LogP) is 2.18. The highest BCUT2D eigenvalue weighted by molar-refractivity contribution is 5.23. The van der Waals surface area contributed by atoms with E-state index in [0.717, 1.165) is 4.57 Å². The van der Waals surface area contributed by atoms with E-state index in [1.54, 1.807) is 0 Å². The van der Waals surface area contributed by atoms with E-state index < -0.39 is 29.4 Å². The summed E-state index contributed by atoms with van der Waals surface area (Å²) < 4.78 is 35.4. The van der Waals surface area contributed by atoms with Crippen LogP contribution in [0.5, 0.6) is 0 Å². The van der Waals surface area contributed by atoms with Crippen LogP contribution in [-0.2, 0) is 4.74 Å². The van der Waals surface area contributed by atoms with Crippen LogP contribution in [0.2, 0.25) is 0 Å². The van der Waals surface area contributed by atoms with Crippen LogP contribution in [0.25, 0.3) is 0 Å². The molecule has 1 saturated heterocycles. The number of aromatic nitrogens is 2. The molecule has 0 saturated carbocycles. The molecule has 112 valence electrons. The van der Waals surface area contributed by atoms with Gasteiger partial charge >= 0.3 is 5.69 Å². The zero-order valence-electron chi connectivity index (χ0n) is 11.8. The highest BCUT2D eigenvalue weighted by atomic mass is 19.3. The van der Waals surface area contributed by atoms with Gasteiger partial charge in [-0.15, -0.1) is 0 Å². The van der Waals surface area contributed by atoms with Crippen LogP contribution >= 0.6 is 0 Å². The van der Waals surface area contributed by atoms with Crippen molar-refractivity contribution in [2.45, 2.75) is 51.4 Å². The van der Waals surface area contributed by atoms with Gasteiger partial charge in [0, 0.05) is 6.20 Å². The normalized spacial score (nSPS) is 27.6. The first-order valence-electron chi connectivity index (χ1n) is 6.68. The fourth-order valence-electron chi connectivity index (χ4n) is 2.84. The Kier molecular flexibility index (Phi) is 3.58. The van der Waals surface area contributed by atoms with Crippen LogP contribution in [0.4, 0.5) is 14.6 Å². The second-order valence-electron chi connectivity index (χ2n) is 5.18. The van der Waals surface area contributed by atoms with Gasteiger partial charge in [0.05, 0.1) is 11.5 Å². The minimum absolute atomic E-state index is 0.00198. The maximum absolute atomic E-state index is 14.5. The number of nitrogens with two attached hydrogens (primary N) is 1. The van der Waals surface area contributed by atoms with Crippen molar-refractivity contribution >= 4 is 5.82 Å². The second kappa shape index (κ2) is 4.80. The molecule has 5 nitrogen and oxygen atoms in total. The molecule has 2 atom stereocenters. The Morgan fingerprint density at radius 2 is 2.05 bits per heavy atom. The molecule has 2 N–H and O–H groups in total. The van der Waals surface area contributed by atoms with Gasteiger partial charge in [0.25, 0.3) is 5.92 Å². The maximum Gasteiger partial charge on any atom is 0.351 e. The maximum atomic E-state index is 14.5. The quantitative estimate of drug-likeness (QED) is 0.925. The fraction of sp³-hybridized carbons (Fsp3) is 0.692. The summed E-state index contributed by atoms with van der Waals surface area (Å²) in [6, 6.07) is 1.31. The molecule has 7 heteroatoms. The van der Waals surface area contributed by atoms with Crippen molar-refractivity contribution in [3.63, 3.8) is 0 Å². The Labute approximate surface area is 115 Å². The molecule has 1 aliphatic heterocycles. The first-order chi connectivity index (χ1) is 9.28. The molecule has 2 heterocycles. The van der Waals surface area contributed by atoms with Gasteiger partial charge in [-0.3, -0.25) is 4.57 Å². The van der Waals surface area contributed by atoms with Crippen molar-refractivity contribution in [3.8, 4) is 0 Å². The van der Waals surface area contributed by atoms with Crippen molar-refractivity contribution in [2.24, 2.45) is 5.92 Å². The van der Waals surface area contributed by atoms with Gasteiger partial charge in [0.1, 0.15) is 5.82 Å². The molecule has 1 fully saturated rings. The van der Waals surface area contributed by atoms with Crippen molar-refractivity contribution in [3.05, 3.63) is 22.7 Å². The van der Waals surface area contributed by atoms with Crippen LogP contribution < -0.4 is 11.4 Å². The van der Waals surface area contributed by atoms with Crippen molar-refractivity contribution in [1.29, 1.82) is 0 Å². The Morgan fingerprint density at radius 1 is 1.45 bits per heavy atom. The van der Waals surface area contributed by atoms with Gasteiger partial charge in [-0.2, -0.15) is 4.98 Å². The van der Waals surface area contributed by atoms with E-state index >= 15 is 0 Å². The summed E-state index contributed by atoms with van der Waals surface area (Å²) in [5.74, 6) is -4.13. The molecule has 1 aliphatic rings. The Bertz CT molecular complexity index is 555. The average molecular weight is 287 g/mol. The highest BCUT2D eigenvalue weighted by Gasteiger charge is 2.63. The van der Waals surface area contributed by atoms with Crippen molar-refractivity contribution in [1.82, 2.24) is 9.55 Å². The lowest BCUT2D eigenvalue weighted by atomic mass is 9.82. The number of ether oxygens (including phenoxy) is 1. The summed E-state index contributed by atoms with van der Waals surface area (Å²) in [7, 11) is 0. The van der Waals surface area contributed by atoms with Gasteiger partial charge in [0.15, 0.2) is 0 Å². The summed E-state index contributed by atoms with van der Waals surface area (Å²) in [5.41, 5.74) is 3.61. The van der Waals surface area contributed by atoms with E-state index in [4.69, 9.17) is 10.5 Å². The van der Waals surface area contributed by atoms with Crippen molar-refractivity contribution in [2.75, 3.05) is 5.73 Å². The standard InChI is InChI=1S/C13H19F2N3O2/c1-4-12(5-2)8(3)13(14,15)10(20-12)18-7-6-9(16)17-11(18)19/h6-8,10H,4-5H2,1-3H3,(H2,16,17,19)/t8-,10-/m1/s1. The third-order valence-corrected chi connectivity index (χ3v) is 4.34. The van der Waals surface area contributed by atoms with E-state index in [-0.39, 0.29) is 5.82 Å². The fourth-order valence-corrected chi connectivity index (χ4v) is 2.84. The van der Waals surface area contributed by atoms with E-state index in [1.807, 2.05) is 13.8 Å². The van der Waals surface area contributed by atoms with Crippen molar-refractivity contribution < 1.29 is 13.5 Å². The largest absolute Gasteiger partial charge is 0.383 e. The summed E-state index contributed by atoms with van der Waals surface area (Å²) in [6.07, 6.45) is 0.470. The summed E-state index contributed by atoms with van der Waals surface area (Å²) >= 11 is 0. The van der Waals surface area contributed by atoms with Gasteiger partial charge < -0.3 is 10.5 Å². The first kappa shape index (κ1) is 14.9. The van der Waals surface area contributed by atoms with E-state index in [2.05, 4.69) is 4.98 Å². The van der Waals surface area contributed by atoms with Gasteiger partial charge in [0.2, 0.25) is 6.23 Å². The third-order valence-electron chi connectivity index (χ3n) is 4.34. The number of halogens is 2. The second-order valence-corrected chi connectivity index (χ2v) is 5.18. The highest BCUT2D eigenvalue weighted by Crippen LogP contribution is 2.54. The number of hydrogen-bond donors (Lipinski definition) is 1. The minimum Gasteiger partial charge on any atom is -0.383 e. The van der Waals surface area contributed by atoms with E-state index in [1.165, 1.54) is 19.2 Å². The molecular weight excluding hydrogens is 268 g/mol. The number of hydrogen-bond acceptors (Lipinski definition) is 4. The Hall–Kier alpha value is -1.50. The van der Waals surface area contributed by atoms with Crippen LogP contribution in [0.15, 0.2) is 17.1 Å². The number of nitrogen functional groups attached to an aromatic ring is 1. The topological polar surface area (TPSA) is 70.1 Å². The molecule has 0 spiro atoms. The molecule has 0 radical (unpaired) electrons. The summed E-state index contributed by atoms with van der Waals surface area (Å²) in [5, 5.41) is 0. The van der Waals surface area contributed by atoms with Crippen LogP contribution in [0.1, 0.15) is 39.8 Å². The zero-order chi connectivity index (χ0) is 15.1. The average Bonchev–Trinajstić information content (AvgIpc) is 2.60. The molecule has 1 aromatic rings. The van der Waals surface area contributed by atoms with Crippen LogP contribution in [0, 0.1) is 5.92 Å². The Morgan fingerprint density at radius 3 is 2.50 bits per heavy atom. The lowest BCUT2D eigenvalue weighted by molar-refractivity contribution is -0.138. The number of rotatable bonds is 3. The van der Waals surface area contributed by atoms with Crippen LogP contribution in [-0.4, -0.2) is 21.1 Å². The number of alkyl halides is 2. The molecule has 0 aromatic carbocycles. The number of anilines is 1. The number of nitrogens with zero attached hydrogens (tertiary/aromatic N) is 2. The van der Waals surface area contributed by atoms with E-state index in [0.29, 0.717) is 12.8 Å². The lowest BCUT2D eigenvalue weighted by Gasteiger charge is -2.30. The predicted molar refractivity (Wildman–Crippen MR) is 70.5 cm³/mol. The SMILES string of the molecule is CCC1(CC)O[C@@H](n2ccc(N)nc2=O)C(F)(F)[C@@H]1C. The van der Waals surface area contributed by atoms with E-state index in [9.17, 15) is 13.6 Å². The molecule has 0 aliphatic carbocycles. The smallest absolute Gasteiger partial charge is 0.351 e. The molecule has 1 aromatic heterocycles. The molecule has 0 amide bonds. The third kappa shape index (κ3) is 2.00. The van der Waals surface area contributed by atoms with Gasteiger partial charge in [-0.05, 0) is 18.9 Å². The van der Waals surface area contributed by atoms with Gasteiger partial charge in [-0.1, -0.05) is 20.8 Å². The first-order valence-corrected chi connectivity index (χ1v) is 6.68. The summed E-state index contributed by atoms with van der Waals surface area (Å²) in [4.78, 5) is 15.2. The zero-order valence-corrected chi connectivity index (χ0v) is 11.8. The molecule has 2 rings (SSSR count). The van der Waals surface area contributed by atoms with Crippen LogP contribution in [0.3, 0.4) is 0 Å². The summed E-state index contributed by atoms with van der Waals surface area (Å²) in [6.45, 7) is 5.08.